The second-order valence-electron chi connectivity index (χ2n) is 4.12. The van der Waals surface area contributed by atoms with E-state index < -0.39 is 11.6 Å². The van der Waals surface area contributed by atoms with Gasteiger partial charge in [0.15, 0.2) is 0 Å². The zero-order chi connectivity index (χ0) is 10.8. The summed E-state index contributed by atoms with van der Waals surface area (Å²) in [5.74, 6) is -1.18. The van der Waals surface area contributed by atoms with Gasteiger partial charge in [0.05, 0.1) is 11.9 Å². The molecule has 1 rings (SSSR count). The van der Waals surface area contributed by atoms with Crippen LogP contribution in [0.1, 0.15) is 39.3 Å². The number of rotatable bonds is 3. The summed E-state index contributed by atoms with van der Waals surface area (Å²) in [6, 6.07) is 0.889. The van der Waals surface area contributed by atoms with Crippen molar-refractivity contribution in [2.45, 2.75) is 39.0 Å². The van der Waals surface area contributed by atoms with Crippen molar-refractivity contribution in [1.82, 2.24) is 4.98 Å². The summed E-state index contributed by atoms with van der Waals surface area (Å²) in [7, 11) is 0. The van der Waals surface area contributed by atoms with Gasteiger partial charge in [0.1, 0.15) is 11.6 Å². The first-order chi connectivity index (χ1) is 6.47. The molecular weight excluding hydrogens is 184 g/mol. The summed E-state index contributed by atoms with van der Waals surface area (Å²) in [5.41, 5.74) is 0.0211. The fraction of sp³-hybridized carbons (Fsp3) is 0.545. The van der Waals surface area contributed by atoms with Crippen LogP contribution >= 0.6 is 0 Å². The van der Waals surface area contributed by atoms with Crippen LogP contribution in [0.4, 0.5) is 8.78 Å². The summed E-state index contributed by atoms with van der Waals surface area (Å²) < 4.78 is 26.0. The molecule has 0 amide bonds. The summed E-state index contributed by atoms with van der Waals surface area (Å²) in [4.78, 5) is 3.82. The first-order valence-corrected chi connectivity index (χ1v) is 4.79. The van der Waals surface area contributed by atoms with Crippen LogP contribution in [0.25, 0.3) is 0 Å². The van der Waals surface area contributed by atoms with E-state index >= 15 is 0 Å². The maximum atomic E-state index is 13.4. The SMILES string of the molecule is CCCC(C)(C)c1ncc(F)cc1F. The second kappa shape index (κ2) is 4.03. The highest BCUT2D eigenvalue weighted by atomic mass is 19.1. The lowest BCUT2D eigenvalue weighted by Gasteiger charge is -2.23. The number of pyridine rings is 1. The van der Waals surface area contributed by atoms with Crippen LogP contribution in [0, 0.1) is 11.6 Å². The van der Waals surface area contributed by atoms with E-state index in [1.165, 1.54) is 0 Å². The van der Waals surface area contributed by atoms with Crippen molar-refractivity contribution in [3.8, 4) is 0 Å². The molecule has 0 saturated heterocycles. The van der Waals surface area contributed by atoms with Gasteiger partial charge < -0.3 is 0 Å². The van der Waals surface area contributed by atoms with Crippen LogP contribution in [0.5, 0.6) is 0 Å². The van der Waals surface area contributed by atoms with Gasteiger partial charge in [-0.2, -0.15) is 0 Å². The van der Waals surface area contributed by atoms with E-state index in [9.17, 15) is 8.78 Å². The minimum atomic E-state index is -0.626. The van der Waals surface area contributed by atoms with Crippen LogP contribution in [0.15, 0.2) is 12.3 Å². The first kappa shape index (κ1) is 11.1. The maximum Gasteiger partial charge on any atom is 0.148 e. The minimum Gasteiger partial charge on any atom is -0.255 e. The molecule has 1 heterocycles. The minimum absolute atomic E-state index is 0.327. The molecule has 0 aromatic carbocycles. The molecule has 1 aromatic heterocycles. The van der Waals surface area contributed by atoms with Gasteiger partial charge in [-0.1, -0.05) is 27.2 Å². The molecule has 0 aliphatic rings. The van der Waals surface area contributed by atoms with E-state index in [0.29, 0.717) is 5.69 Å². The van der Waals surface area contributed by atoms with Gasteiger partial charge in [-0.05, 0) is 6.42 Å². The second-order valence-corrected chi connectivity index (χ2v) is 4.12. The number of nitrogens with zero attached hydrogens (tertiary/aromatic N) is 1. The van der Waals surface area contributed by atoms with Gasteiger partial charge in [-0.3, -0.25) is 4.98 Å². The third kappa shape index (κ3) is 2.28. The van der Waals surface area contributed by atoms with Crippen molar-refractivity contribution in [1.29, 1.82) is 0 Å². The Labute approximate surface area is 83.2 Å². The lowest BCUT2D eigenvalue weighted by molar-refractivity contribution is 0.424. The van der Waals surface area contributed by atoms with Crippen molar-refractivity contribution >= 4 is 0 Å². The number of aromatic nitrogens is 1. The zero-order valence-electron chi connectivity index (χ0n) is 8.77. The van der Waals surface area contributed by atoms with Gasteiger partial charge >= 0.3 is 0 Å². The predicted octanol–water partition coefficient (Wildman–Crippen LogP) is 3.44. The first-order valence-electron chi connectivity index (χ1n) is 4.79. The fourth-order valence-electron chi connectivity index (χ4n) is 1.66. The number of halogens is 2. The quantitative estimate of drug-likeness (QED) is 0.726. The molecule has 0 unspecified atom stereocenters. The normalized spacial score (nSPS) is 11.8. The fourth-order valence-corrected chi connectivity index (χ4v) is 1.66. The van der Waals surface area contributed by atoms with Gasteiger partial charge in [0.25, 0.3) is 0 Å². The molecule has 0 atom stereocenters. The Morgan fingerprint density at radius 3 is 2.50 bits per heavy atom. The summed E-state index contributed by atoms with van der Waals surface area (Å²) in [5, 5.41) is 0. The lowest BCUT2D eigenvalue weighted by atomic mass is 9.84. The van der Waals surface area contributed by atoms with Gasteiger partial charge in [-0.15, -0.1) is 0 Å². The molecule has 78 valence electrons. The third-order valence-electron chi connectivity index (χ3n) is 2.32. The Kier molecular flexibility index (Phi) is 3.19. The molecule has 0 radical (unpaired) electrons. The highest BCUT2D eigenvalue weighted by molar-refractivity contribution is 5.17. The van der Waals surface area contributed by atoms with Gasteiger partial charge in [-0.25, -0.2) is 8.78 Å². The van der Waals surface area contributed by atoms with E-state index in [-0.39, 0.29) is 5.41 Å². The standard InChI is InChI=1S/C11H15F2N/c1-4-5-11(2,3)10-9(13)6-8(12)7-14-10/h6-7H,4-5H2,1-3H3. The average Bonchev–Trinajstić information content (AvgIpc) is 2.02. The molecule has 14 heavy (non-hydrogen) atoms. The average molecular weight is 199 g/mol. The monoisotopic (exact) mass is 199 g/mol. The van der Waals surface area contributed by atoms with Crippen molar-refractivity contribution in [2.24, 2.45) is 0 Å². The van der Waals surface area contributed by atoms with Crippen molar-refractivity contribution in [3.63, 3.8) is 0 Å². The van der Waals surface area contributed by atoms with E-state index in [1.54, 1.807) is 0 Å². The molecule has 3 heteroatoms. The Morgan fingerprint density at radius 2 is 2.00 bits per heavy atom. The molecule has 0 aliphatic heterocycles. The Balaban J connectivity index is 3.06. The zero-order valence-corrected chi connectivity index (χ0v) is 8.77. The van der Waals surface area contributed by atoms with Crippen molar-refractivity contribution in [2.75, 3.05) is 0 Å². The highest BCUT2D eigenvalue weighted by Crippen LogP contribution is 2.28. The van der Waals surface area contributed by atoms with Crippen molar-refractivity contribution in [3.05, 3.63) is 29.6 Å². The lowest BCUT2D eigenvalue weighted by Crippen LogP contribution is -2.20. The summed E-state index contributed by atoms with van der Waals surface area (Å²) in [6.45, 7) is 5.86. The third-order valence-corrected chi connectivity index (χ3v) is 2.32. The summed E-state index contributed by atoms with van der Waals surface area (Å²) >= 11 is 0. The Morgan fingerprint density at radius 1 is 1.36 bits per heavy atom. The maximum absolute atomic E-state index is 13.4. The van der Waals surface area contributed by atoms with E-state index in [2.05, 4.69) is 4.98 Å². The largest absolute Gasteiger partial charge is 0.255 e. The molecule has 1 aromatic rings. The Hall–Kier alpha value is -0.990. The molecule has 0 aliphatic carbocycles. The van der Waals surface area contributed by atoms with E-state index in [4.69, 9.17) is 0 Å². The predicted molar refractivity (Wildman–Crippen MR) is 52.1 cm³/mol. The van der Waals surface area contributed by atoms with E-state index in [1.807, 2.05) is 20.8 Å². The van der Waals surface area contributed by atoms with Crippen LogP contribution in [0.2, 0.25) is 0 Å². The van der Waals surface area contributed by atoms with Crippen LogP contribution < -0.4 is 0 Å². The summed E-state index contributed by atoms with van der Waals surface area (Å²) in [6.07, 6.45) is 2.85. The van der Waals surface area contributed by atoms with Gasteiger partial charge in [0, 0.05) is 11.5 Å². The topological polar surface area (TPSA) is 12.9 Å². The molecular formula is C11H15F2N. The Bertz CT molecular complexity index is 321. The van der Waals surface area contributed by atoms with E-state index in [0.717, 1.165) is 25.1 Å². The number of hydrogen-bond acceptors (Lipinski definition) is 1. The molecule has 0 N–H and O–H groups in total. The molecule has 0 fully saturated rings. The van der Waals surface area contributed by atoms with Crippen LogP contribution in [-0.4, -0.2) is 4.98 Å². The van der Waals surface area contributed by atoms with Crippen LogP contribution in [0.3, 0.4) is 0 Å². The highest BCUT2D eigenvalue weighted by Gasteiger charge is 2.24. The van der Waals surface area contributed by atoms with Gasteiger partial charge in [0.2, 0.25) is 0 Å². The van der Waals surface area contributed by atoms with Crippen LogP contribution in [-0.2, 0) is 5.41 Å². The number of hydrogen-bond donors (Lipinski definition) is 0. The van der Waals surface area contributed by atoms with Crippen molar-refractivity contribution < 1.29 is 8.78 Å². The molecule has 1 nitrogen and oxygen atoms in total. The molecule has 0 bridgehead atoms. The molecule has 0 saturated carbocycles. The molecule has 0 spiro atoms. The smallest absolute Gasteiger partial charge is 0.148 e.